The molecule has 2 N–H and O–H groups in total. The minimum Gasteiger partial charge on any atom is -0.267 e. The van der Waals surface area contributed by atoms with Crippen molar-refractivity contribution in [3.63, 3.8) is 0 Å². The number of hydrogen-bond donors (Lipinski definition) is 2. The number of hydrogen-bond acceptors (Lipinski definition) is 4. The Labute approximate surface area is 170 Å². The highest BCUT2D eigenvalue weighted by Gasteiger charge is 2.17. The van der Waals surface area contributed by atoms with Crippen LogP contribution in [0.25, 0.3) is 10.8 Å². The van der Waals surface area contributed by atoms with Crippen LogP contribution in [0.5, 0.6) is 0 Å². The summed E-state index contributed by atoms with van der Waals surface area (Å²) in [6.07, 6.45) is 0.681. The molecular formula is C19H16Cl2N4O3. The van der Waals surface area contributed by atoms with E-state index < -0.39 is 11.8 Å². The summed E-state index contributed by atoms with van der Waals surface area (Å²) in [4.78, 5) is 37.3. The molecule has 2 aromatic carbocycles. The average molecular weight is 419 g/mol. The molecule has 1 heterocycles. The van der Waals surface area contributed by atoms with E-state index in [1.807, 2.05) is 6.92 Å². The van der Waals surface area contributed by atoms with Crippen LogP contribution in [0.15, 0.2) is 47.3 Å². The van der Waals surface area contributed by atoms with E-state index in [0.29, 0.717) is 28.8 Å². The molecule has 0 saturated carbocycles. The van der Waals surface area contributed by atoms with E-state index in [0.717, 1.165) is 0 Å². The maximum Gasteiger partial charge on any atom is 0.290 e. The maximum atomic E-state index is 12.6. The number of fused-ring (bicyclic) bond motifs is 1. The lowest BCUT2D eigenvalue weighted by Gasteiger charge is -2.11. The van der Waals surface area contributed by atoms with Crippen LogP contribution >= 0.6 is 23.2 Å². The second kappa shape index (κ2) is 8.41. The molecule has 3 aromatic rings. The lowest BCUT2D eigenvalue weighted by molar-refractivity contribution is 0.0843. The Kier molecular flexibility index (Phi) is 5.96. The van der Waals surface area contributed by atoms with E-state index in [2.05, 4.69) is 16.0 Å². The lowest BCUT2D eigenvalue weighted by Crippen LogP contribution is -2.42. The van der Waals surface area contributed by atoms with Crippen LogP contribution in [0.4, 0.5) is 0 Å². The first-order valence-electron chi connectivity index (χ1n) is 8.48. The third kappa shape index (κ3) is 4.00. The molecule has 7 nitrogen and oxygen atoms in total. The van der Waals surface area contributed by atoms with Gasteiger partial charge in [0.15, 0.2) is 5.69 Å². The topological polar surface area (TPSA) is 93.1 Å². The van der Waals surface area contributed by atoms with E-state index in [4.69, 9.17) is 23.2 Å². The Morgan fingerprint density at radius 2 is 1.68 bits per heavy atom. The number of rotatable bonds is 4. The molecule has 0 saturated heterocycles. The highest BCUT2D eigenvalue weighted by Crippen LogP contribution is 2.22. The van der Waals surface area contributed by atoms with Crippen LogP contribution in [0, 0.1) is 0 Å². The fraction of sp³-hybridized carbons (Fsp3) is 0.158. The number of aromatic nitrogens is 2. The summed E-state index contributed by atoms with van der Waals surface area (Å²) in [7, 11) is 0. The lowest BCUT2D eigenvalue weighted by atomic mass is 10.1. The summed E-state index contributed by atoms with van der Waals surface area (Å²) >= 11 is 11.7. The third-order valence-electron chi connectivity index (χ3n) is 3.99. The third-order valence-corrected chi connectivity index (χ3v) is 4.73. The predicted molar refractivity (Wildman–Crippen MR) is 108 cm³/mol. The first-order chi connectivity index (χ1) is 13.4. The zero-order valence-electron chi connectivity index (χ0n) is 14.8. The standard InChI is InChI=1S/C19H16Cl2N4O3/c1-2-9-25-19(28)13-6-4-3-5-12(13)16(24-25)18(27)23-22-17(26)11-7-8-14(20)15(21)10-11/h3-8,10H,2,9H2,1H3,(H,22,26)(H,23,27). The minimum absolute atomic E-state index is 0.0399. The molecule has 0 atom stereocenters. The highest BCUT2D eigenvalue weighted by atomic mass is 35.5. The van der Waals surface area contributed by atoms with Crippen LogP contribution in [0.3, 0.4) is 0 Å². The predicted octanol–water partition coefficient (Wildman–Crippen LogP) is 3.19. The van der Waals surface area contributed by atoms with Gasteiger partial charge in [-0.25, -0.2) is 4.68 Å². The summed E-state index contributed by atoms with van der Waals surface area (Å²) in [5.41, 5.74) is 4.62. The monoisotopic (exact) mass is 418 g/mol. The Balaban J connectivity index is 1.87. The van der Waals surface area contributed by atoms with Crippen LogP contribution < -0.4 is 16.4 Å². The summed E-state index contributed by atoms with van der Waals surface area (Å²) in [5, 5.41) is 5.49. The van der Waals surface area contributed by atoms with Crippen molar-refractivity contribution >= 4 is 45.8 Å². The zero-order chi connectivity index (χ0) is 20.3. The van der Waals surface area contributed by atoms with Gasteiger partial charge in [0.2, 0.25) is 0 Å². The number of amides is 2. The number of carbonyl (C=O) groups excluding carboxylic acids is 2. The van der Waals surface area contributed by atoms with E-state index in [1.165, 1.54) is 22.9 Å². The number of nitrogens with zero attached hydrogens (tertiary/aromatic N) is 2. The molecule has 0 spiro atoms. The van der Waals surface area contributed by atoms with Crippen molar-refractivity contribution in [3.8, 4) is 0 Å². The van der Waals surface area contributed by atoms with Gasteiger partial charge in [-0.2, -0.15) is 5.10 Å². The first-order valence-corrected chi connectivity index (χ1v) is 9.23. The zero-order valence-corrected chi connectivity index (χ0v) is 16.3. The van der Waals surface area contributed by atoms with Gasteiger partial charge in [-0.05, 0) is 30.7 Å². The first kappa shape index (κ1) is 19.9. The summed E-state index contributed by atoms with van der Waals surface area (Å²) in [6.45, 7) is 2.28. The van der Waals surface area contributed by atoms with Gasteiger partial charge in [0.1, 0.15) is 0 Å². The molecule has 0 unspecified atom stereocenters. The van der Waals surface area contributed by atoms with Crippen molar-refractivity contribution in [2.24, 2.45) is 0 Å². The summed E-state index contributed by atoms with van der Waals surface area (Å²) in [6, 6.07) is 11.0. The van der Waals surface area contributed by atoms with Crippen molar-refractivity contribution in [1.29, 1.82) is 0 Å². The molecule has 0 aliphatic heterocycles. The van der Waals surface area contributed by atoms with E-state index in [1.54, 1.807) is 24.3 Å². The minimum atomic E-state index is -0.644. The number of benzene rings is 2. The molecule has 28 heavy (non-hydrogen) atoms. The molecular weight excluding hydrogens is 403 g/mol. The summed E-state index contributed by atoms with van der Waals surface area (Å²) < 4.78 is 1.25. The van der Waals surface area contributed by atoms with Gasteiger partial charge in [-0.1, -0.05) is 48.3 Å². The molecule has 0 radical (unpaired) electrons. The Bertz CT molecular complexity index is 1130. The van der Waals surface area contributed by atoms with E-state index >= 15 is 0 Å². The van der Waals surface area contributed by atoms with Crippen molar-refractivity contribution < 1.29 is 9.59 Å². The molecule has 0 aliphatic carbocycles. The SMILES string of the molecule is CCCn1nc(C(=O)NNC(=O)c2ccc(Cl)c(Cl)c2)c2ccccc2c1=O. The fourth-order valence-electron chi connectivity index (χ4n) is 2.65. The number of hydrazine groups is 1. The van der Waals surface area contributed by atoms with Gasteiger partial charge in [0, 0.05) is 17.5 Å². The Hall–Kier alpha value is -2.90. The number of nitrogens with one attached hydrogen (secondary N) is 2. The van der Waals surface area contributed by atoms with Crippen molar-refractivity contribution in [2.75, 3.05) is 0 Å². The normalized spacial score (nSPS) is 10.7. The largest absolute Gasteiger partial charge is 0.290 e. The second-order valence-corrected chi connectivity index (χ2v) is 6.77. The molecule has 0 fully saturated rings. The molecule has 0 bridgehead atoms. The van der Waals surface area contributed by atoms with Gasteiger partial charge < -0.3 is 0 Å². The smallest absolute Gasteiger partial charge is 0.267 e. The van der Waals surface area contributed by atoms with Crippen molar-refractivity contribution in [1.82, 2.24) is 20.6 Å². The quantitative estimate of drug-likeness (QED) is 0.636. The van der Waals surface area contributed by atoms with Crippen LogP contribution in [0.1, 0.15) is 34.2 Å². The van der Waals surface area contributed by atoms with Gasteiger partial charge in [-0.15, -0.1) is 0 Å². The average Bonchev–Trinajstić information content (AvgIpc) is 2.70. The van der Waals surface area contributed by atoms with E-state index in [-0.39, 0.29) is 21.8 Å². The Morgan fingerprint density at radius 3 is 2.36 bits per heavy atom. The van der Waals surface area contributed by atoms with Gasteiger partial charge in [0.25, 0.3) is 17.4 Å². The molecule has 1 aromatic heterocycles. The molecule has 0 aliphatic rings. The molecule has 9 heteroatoms. The van der Waals surface area contributed by atoms with Gasteiger partial charge in [0.05, 0.1) is 15.4 Å². The maximum absolute atomic E-state index is 12.6. The fourth-order valence-corrected chi connectivity index (χ4v) is 2.95. The van der Waals surface area contributed by atoms with E-state index in [9.17, 15) is 14.4 Å². The number of carbonyl (C=O) groups is 2. The molecule has 3 rings (SSSR count). The van der Waals surface area contributed by atoms with Gasteiger partial charge in [-0.3, -0.25) is 25.2 Å². The van der Waals surface area contributed by atoms with Crippen LogP contribution in [-0.2, 0) is 6.54 Å². The summed E-state index contributed by atoms with van der Waals surface area (Å²) in [5.74, 6) is -1.22. The van der Waals surface area contributed by atoms with Crippen LogP contribution in [0.2, 0.25) is 10.0 Å². The van der Waals surface area contributed by atoms with Crippen molar-refractivity contribution in [3.05, 3.63) is 74.1 Å². The Morgan fingerprint density at radius 1 is 1.00 bits per heavy atom. The second-order valence-electron chi connectivity index (χ2n) is 5.96. The van der Waals surface area contributed by atoms with Gasteiger partial charge >= 0.3 is 0 Å². The number of aryl methyl sites for hydroxylation is 1. The van der Waals surface area contributed by atoms with Crippen LogP contribution in [-0.4, -0.2) is 21.6 Å². The van der Waals surface area contributed by atoms with Crippen molar-refractivity contribution in [2.45, 2.75) is 19.9 Å². The highest BCUT2D eigenvalue weighted by molar-refractivity contribution is 6.42. The molecule has 2 amide bonds. The number of halogens is 2. The molecule has 144 valence electrons.